The predicted octanol–water partition coefficient (Wildman–Crippen LogP) is 3.66. The van der Waals surface area contributed by atoms with Gasteiger partial charge in [0.2, 0.25) is 6.23 Å². The molecule has 1 unspecified atom stereocenters. The van der Waals surface area contributed by atoms with Crippen molar-refractivity contribution in [2.24, 2.45) is 5.73 Å². The maximum Gasteiger partial charge on any atom is 0.270 e. The Hall–Kier alpha value is -4.57. The summed E-state index contributed by atoms with van der Waals surface area (Å²) >= 11 is 0. The van der Waals surface area contributed by atoms with E-state index in [1.54, 1.807) is 44.4 Å². The Balaban J connectivity index is 1.50. The molecule has 40 heavy (non-hydrogen) atoms. The molecule has 1 heterocycles. The van der Waals surface area contributed by atoms with Crippen LogP contribution in [-0.2, 0) is 29.2 Å². The number of methoxy groups -OCH3 is 1. The molecule has 210 valence electrons. The highest BCUT2D eigenvalue weighted by Gasteiger charge is 2.37. The van der Waals surface area contributed by atoms with Crippen LogP contribution >= 0.6 is 0 Å². The normalized spacial score (nSPS) is 13.0. The Kier molecular flexibility index (Phi) is 9.23. The molecule has 0 bridgehead atoms. The zero-order chi connectivity index (χ0) is 28.6. The number of nitrogens with one attached hydrogen (secondary N) is 4. The Morgan fingerprint density at radius 1 is 1.02 bits per heavy atom. The molecule has 3 aromatic carbocycles. The van der Waals surface area contributed by atoms with Gasteiger partial charge in [0.1, 0.15) is 11.6 Å². The number of fused-ring (bicyclic) bond motifs is 1. The molecule has 10 nitrogen and oxygen atoms in total. The maximum absolute atomic E-state index is 13.4. The molecule has 0 aliphatic carbocycles. The second kappa shape index (κ2) is 13.0. The summed E-state index contributed by atoms with van der Waals surface area (Å²) in [6.45, 7) is 5.83. The van der Waals surface area contributed by atoms with Crippen molar-refractivity contribution in [1.29, 1.82) is 5.41 Å². The molecule has 1 aliphatic heterocycles. The average Bonchev–Trinajstić information content (AvgIpc) is 3.29. The summed E-state index contributed by atoms with van der Waals surface area (Å²) in [5.41, 5.74) is 11.3. The molecular formula is C30H36N6O4. The number of carbonyl (C=O) groups is 2. The summed E-state index contributed by atoms with van der Waals surface area (Å²) in [7, 11) is 1.57. The van der Waals surface area contributed by atoms with Crippen molar-refractivity contribution in [2.45, 2.75) is 39.7 Å². The van der Waals surface area contributed by atoms with Gasteiger partial charge in [-0.05, 0) is 60.9 Å². The molecule has 10 heteroatoms. The fourth-order valence-corrected chi connectivity index (χ4v) is 4.66. The van der Waals surface area contributed by atoms with E-state index in [1.165, 1.54) is 4.90 Å². The first-order valence-electron chi connectivity index (χ1n) is 13.3. The van der Waals surface area contributed by atoms with Crippen LogP contribution in [0.5, 0.6) is 5.75 Å². The average molecular weight is 545 g/mol. The van der Waals surface area contributed by atoms with Crippen molar-refractivity contribution < 1.29 is 19.1 Å². The first-order chi connectivity index (χ1) is 19.4. The highest BCUT2D eigenvalue weighted by molar-refractivity contribution is 6.01. The Morgan fingerprint density at radius 3 is 2.52 bits per heavy atom. The number of amides is 2. The molecule has 0 fully saturated rings. The first-order valence-corrected chi connectivity index (χ1v) is 13.3. The third kappa shape index (κ3) is 6.35. The number of benzene rings is 3. The molecule has 4 rings (SSSR count). The summed E-state index contributed by atoms with van der Waals surface area (Å²) < 4.78 is 11.0. The number of para-hydroxylation sites is 1. The summed E-state index contributed by atoms with van der Waals surface area (Å²) in [6.07, 6.45) is -1.09. The van der Waals surface area contributed by atoms with Gasteiger partial charge in [-0.1, -0.05) is 30.3 Å². The molecule has 2 amide bonds. The van der Waals surface area contributed by atoms with E-state index < -0.39 is 12.1 Å². The summed E-state index contributed by atoms with van der Waals surface area (Å²) in [5, 5.41) is 17.6. The van der Waals surface area contributed by atoms with Crippen LogP contribution in [0.1, 0.15) is 46.5 Å². The minimum atomic E-state index is -1.09. The predicted molar refractivity (Wildman–Crippen MR) is 156 cm³/mol. The number of carbonyl (C=O) groups excluding carboxylic acids is 2. The van der Waals surface area contributed by atoms with Crippen LogP contribution in [0.4, 0.5) is 11.4 Å². The Bertz CT molecular complexity index is 1390. The Morgan fingerprint density at radius 2 is 1.80 bits per heavy atom. The lowest BCUT2D eigenvalue weighted by Crippen LogP contribution is -2.48. The van der Waals surface area contributed by atoms with E-state index in [4.69, 9.17) is 20.6 Å². The number of rotatable bonds is 13. The molecule has 0 radical (unpaired) electrons. The molecular weight excluding hydrogens is 508 g/mol. The van der Waals surface area contributed by atoms with E-state index in [1.807, 2.05) is 37.3 Å². The van der Waals surface area contributed by atoms with Crippen molar-refractivity contribution in [3.63, 3.8) is 0 Å². The number of nitrogens with zero attached hydrogens (tertiary/aromatic N) is 1. The van der Waals surface area contributed by atoms with E-state index >= 15 is 0 Å². The highest BCUT2D eigenvalue weighted by Crippen LogP contribution is 2.29. The third-order valence-corrected chi connectivity index (χ3v) is 6.70. The minimum absolute atomic E-state index is 0.0492. The summed E-state index contributed by atoms with van der Waals surface area (Å²) in [4.78, 5) is 27.9. The van der Waals surface area contributed by atoms with Crippen molar-refractivity contribution in [3.8, 4) is 5.75 Å². The fourth-order valence-electron chi connectivity index (χ4n) is 4.66. The van der Waals surface area contributed by atoms with E-state index in [-0.39, 0.29) is 31.4 Å². The van der Waals surface area contributed by atoms with Gasteiger partial charge in [0.05, 0.1) is 7.11 Å². The SMILES string of the molecule is CCNc1ccccc1CNc1cc(C(=N)N)ccc1CNC(=O)C(OCC)N1Cc2cc(OC)ccc2C1=O. The van der Waals surface area contributed by atoms with E-state index in [9.17, 15) is 9.59 Å². The van der Waals surface area contributed by atoms with Crippen molar-refractivity contribution >= 4 is 29.0 Å². The largest absolute Gasteiger partial charge is 0.497 e. The molecule has 3 aromatic rings. The van der Waals surface area contributed by atoms with Crippen LogP contribution in [-0.4, -0.2) is 49.0 Å². The second-order valence-electron chi connectivity index (χ2n) is 9.31. The van der Waals surface area contributed by atoms with Crippen LogP contribution in [0, 0.1) is 5.41 Å². The lowest BCUT2D eigenvalue weighted by molar-refractivity contribution is -0.143. The molecule has 0 aromatic heterocycles. The van der Waals surface area contributed by atoms with Gasteiger partial charge >= 0.3 is 0 Å². The van der Waals surface area contributed by atoms with Crippen LogP contribution in [0.3, 0.4) is 0 Å². The van der Waals surface area contributed by atoms with Gasteiger partial charge in [-0.2, -0.15) is 0 Å². The van der Waals surface area contributed by atoms with Crippen molar-refractivity contribution in [1.82, 2.24) is 10.2 Å². The topological polar surface area (TPSA) is 142 Å². The quantitative estimate of drug-likeness (QED) is 0.163. The molecule has 0 saturated heterocycles. The summed E-state index contributed by atoms with van der Waals surface area (Å²) in [5.74, 6) is -0.0902. The fraction of sp³-hybridized carbons (Fsp3) is 0.300. The van der Waals surface area contributed by atoms with Crippen molar-refractivity contribution in [3.05, 3.63) is 88.5 Å². The standard InChI is InChI=1S/C30H36N6O4/c1-4-33-25-9-7-6-8-20(25)16-34-26-15-19(27(31)32)10-11-21(26)17-35-28(37)30(40-5-2)36-18-22-14-23(39-3)12-13-24(22)29(36)38/h6-15,30,33-34H,4-5,16-18H2,1-3H3,(H3,31,32)(H,35,37). The smallest absolute Gasteiger partial charge is 0.270 e. The number of nitrogen functional groups attached to an aromatic ring is 1. The van der Waals surface area contributed by atoms with Gasteiger partial charge < -0.3 is 36.1 Å². The van der Waals surface area contributed by atoms with E-state index in [2.05, 4.69) is 16.0 Å². The minimum Gasteiger partial charge on any atom is -0.497 e. The number of nitrogens with two attached hydrogens (primary N) is 1. The van der Waals surface area contributed by atoms with Crippen LogP contribution in [0.15, 0.2) is 60.7 Å². The molecule has 0 spiro atoms. The number of hydrogen-bond donors (Lipinski definition) is 5. The second-order valence-corrected chi connectivity index (χ2v) is 9.31. The lowest BCUT2D eigenvalue weighted by atomic mass is 10.1. The summed E-state index contributed by atoms with van der Waals surface area (Å²) in [6, 6.07) is 18.6. The van der Waals surface area contributed by atoms with Crippen LogP contribution < -0.4 is 26.4 Å². The molecule has 0 saturated carbocycles. The maximum atomic E-state index is 13.4. The zero-order valence-electron chi connectivity index (χ0n) is 23.0. The van der Waals surface area contributed by atoms with E-state index in [0.717, 1.165) is 34.6 Å². The zero-order valence-corrected chi connectivity index (χ0v) is 23.0. The lowest BCUT2D eigenvalue weighted by Gasteiger charge is -2.26. The number of amidine groups is 1. The third-order valence-electron chi connectivity index (χ3n) is 6.70. The van der Waals surface area contributed by atoms with E-state index in [0.29, 0.717) is 23.4 Å². The molecule has 6 N–H and O–H groups in total. The first kappa shape index (κ1) is 28.4. The van der Waals surface area contributed by atoms with Crippen LogP contribution in [0.2, 0.25) is 0 Å². The number of ether oxygens (including phenoxy) is 2. The molecule has 1 aliphatic rings. The molecule has 1 atom stereocenters. The van der Waals surface area contributed by atoms with Gasteiger partial charge in [-0.25, -0.2) is 0 Å². The Labute approximate surface area is 234 Å². The van der Waals surface area contributed by atoms with Gasteiger partial charge in [-0.15, -0.1) is 0 Å². The number of hydrogen-bond acceptors (Lipinski definition) is 7. The van der Waals surface area contributed by atoms with Crippen LogP contribution in [0.25, 0.3) is 0 Å². The highest BCUT2D eigenvalue weighted by atomic mass is 16.5. The monoisotopic (exact) mass is 544 g/mol. The van der Waals surface area contributed by atoms with Gasteiger partial charge in [0, 0.05) is 55.3 Å². The van der Waals surface area contributed by atoms with Crippen molar-refractivity contribution in [2.75, 3.05) is 30.9 Å². The van der Waals surface area contributed by atoms with Gasteiger partial charge in [-0.3, -0.25) is 15.0 Å². The van der Waals surface area contributed by atoms with Gasteiger partial charge in [0.15, 0.2) is 0 Å². The van der Waals surface area contributed by atoms with Gasteiger partial charge in [0.25, 0.3) is 11.8 Å². The number of anilines is 2.